The average Bonchev–Trinajstić information content (AvgIpc) is 2.46. The quantitative estimate of drug-likeness (QED) is 0.401. The number of benzene rings is 1. The van der Waals surface area contributed by atoms with Gasteiger partial charge in [-0.3, -0.25) is 4.79 Å². The summed E-state index contributed by atoms with van der Waals surface area (Å²) in [6.07, 6.45) is 8.76. The Morgan fingerprint density at radius 3 is 2.37 bits per heavy atom. The van der Waals surface area contributed by atoms with Crippen LogP contribution >= 0.6 is 11.8 Å². The van der Waals surface area contributed by atoms with Crippen LogP contribution < -0.4 is 0 Å². The predicted molar refractivity (Wildman–Crippen MR) is 86.1 cm³/mol. The van der Waals surface area contributed by atoms with E-state index < -0.39 is 0 Å². The summed E-state index contributed by atoms with van der Waals surface area (Å²) < 4.78 is 0. The Labute approximate surface area is 122 Å². The van der Waals surface area contributed by atoms with Crippen LogP contribution in [0.4, 0.5) is 0 Å². The molecule has 0 amide bonds. The minimum Gasteiger partial charge on any atom is -0.294 e. The monoisotopic (exact) mass is 278 g/mol. The van der Waals surface area contributed by atoms with Gasteiger partial charge >= 0.3 is 0 Å². The van der Waals surface area contributed by atoms with Crippen molar-refractivity contribution in [1.82, 2.24) is 0 Å². The van der Waals surface area contributed by atoms with E-state index >= 15 is 0 Å². The smallest absolute Gasteiger partial charge is 0.163 e. The topological polar surface area (TPSA) is 17.1 Å². The van der Waals surface area contributed by atoms with Gasteiger partial charge in [-0.25, -0.2) is 0 Å². The summed E-state index contributed by atoms with van der Waals surface area (Å²) in [4.78, 5) is 11.8. The molecule has 2 heteroatoms. The molecule has 0 saturated carbocycles. The fourth-order valence-corrected chi connectivity index (χ4v) is 2.96. The normalized spacial score (nSPS) is 10.6. The molecule has 0 fully saturated rings. The van der Waals surface area contributed by atoms with Crippen molar-refractivity contribution < 1.29 is 4.79 Å². The van der Waals surface area contributed by atoms with Crippen LogP contribution in [0, 0.1) is 0 Å². The highest BCUT2D eigenvalue weighted by Crippen LogP contribution is 2.12. The van der Waals surface area contributed by atoms with Crippen LogP contribution in [0.5, 0.6) is 0 Å². The number of thioether (sulfide) groups is 1. The highest BCUT2D eigenvalue weighted by atomic mass is 32.2. The van der Waals surface area contributed by atoms with Crippen molar-refractivity contribution in [3.8, 4) is 0 Å². The summed E-state index contributed by atoms with van der Waals surface area (Å²) in [5, 5.41) is 0. The van der Waals surface area contributed by atoms with E-state index in [-0.39, 0.29) is 5.78 Å². The molecule has 19 heavy (non-hydrogen) atoms. The number of unbranched alkanes of at least 4 members (excludes halogenated alkanes) is 5. The summed E-state index contributed by atoms with van der Waals surface area (Å²) >= 11 is 1.92. The summed E-state index contributed by atoms with van der Waals surface area (Å²) in [5.74, 6) is 2.44. The van der Waals surface area contributed by atoms with Gasteiger partial charge in [0.15, 0.2) is 5.78 Å². The number of carbonyl (C=O) groups excluding carboxylic acids is 1. The molecule has 0 aliphatic carbocycles. The van der Waals surface area contributed by atoms with Gasteiger partial charge in [0.1, 0.15) is 0 Å². The van der Waals surface area contributed by atoms with Gasteiger partial charge in [-0.15, -0.1) is 0 Å². The van der Waals surface area contributed by atoms with Gasteiger partial charge in [0.2, 0.25) is 0 Å². The van der Waals surface area contributed by atoms with Crippen LogP contribution in [0.3, 0.4) is 0 Å². The van der Waals surface area contributed by atoms with Gasteiger partial charge in [0, 0.05) is 17.7 Å². The minimum absolute atomic E-state index is 0.274. The van der Waals surface area contributed by atoms with Gasteiger partial charge in [0.25, 0.3) is 0 Å². The Morgan fingerprint density at radius 2 is 1.63 bits per heavy atom. The highest BCUT2D eigenvalue weighted by molar-refractivity contribution is 7.99. The Balaban J connectivity index is 1.95. The van der Waals surface area contributed by atoms with Crippen LogP contribution in [0.15, 0.2) is 30.3 Å². The van der Waals surface area contributed by atoms with E-state index in [0.717, 1.165) is 11.3 Å². The first-order chi connectivity index (χ1) is 9.34. The molecule has 0 aromatic heterocycles. The standard InChI is InChI=1S/C17H26OS/c1-2-3-4-5-6-10-14-19-15-13-17(18)16-11-8-7-9-12-16/h7-9,11-12H,2-6,10,13-15H2,1H3. The van der Waals surface area contributed by atoms with Gasteiger partial charge < -0.3 is 0 Å². The number of carbonyl (C=O) groups is 1. The lowest BCUT2D eigenvalue weighted by atomic mass is 10.1. The lowest BCUT2D eigenvalue weighted by molar-refractivity contribution is 0.0989. The summed E-state index contributed by atoms with van der Waals surface area (Å²) in [6.45, 7) is 2.25. The third-order valence-electron chi connectivity index (χ3n) is 3.21. The van der Waals surface area contributed by atoms with E-state index in [4.69, 9.17) is 0 Å². The molecule has 0 aliphatic heterocycles. The first-order valence-corrected chi connectivity index (χ1v) is 8.66. The molecule has 1 aromatic carbocycles. The average molecular weight is 278 g/mol. The number of Topliss-reactive ketones (excluding diaryl/α,β-unsaturated/α-hetero) is 1. The van der Waals surface area contributed by atoms with E-state index in [2.05, 4.69) is 6.92 Å². The molecule has 0 radical (unpaired) electrons. The fraction of sp³-hybridized carbons (Fsp3) is 0.588. The molecule has 0 unspecified atom stereocenters. The van der Waals surface area contributed by atoms with Crippen molar-refractivity contribution in [3.05, 3.63) is 35.9 Å². The third-order valence-corrected chi connectivity index (χ3v) is 4.28. The zero-order chi connectivity index (χ0) is 13.8. The molecular weight excluding hydrogens is 252 g/mol. The maximum atomic E-state index is 11.8. The first-order valence-electron chi connectivity index (χ1n) is 7.50. The molecule has 0 spiro atoms. The van der Waals surface area contributed by atoms with Crippen molar-refractivity contribution in [2.24, 2.45) is 0 Å². The highest BCUT2D eigenvalue weighted by Gasteiger charge is 2.04. The van der Waals surface area contributed by atoms with E-state index in [9.17, 15) is 4.79 Å². The van der Waals surface area contributed by atoms with Crippen LogP contribution in [0.25, 0.3) is 0 Å². The maximum absolute atomic E-state index is 11.8. The molecule has 0 saturated heterocycles. The Morgan fingerprint density at radius 1 is 0.947 bits per heavy atom. The molecule has 0 aliphatic rings. The second-order valence-corrected chi connectivity index (χ2v) is 6.14. The van der Waals surface area contributed by atoms with Crippen LogP contribution in [0.2, 0.25) is 0 Å². The van der Waals surface area contributed by atoms with Gasteiger partial charge in [-0.1, -0.05) is 69.4 Å². The molecule has 1 aromatic rings. The van der Waals surface area contributed by atoms with E-state index in [1.165, 1.54) is 44.3 Å². The second-order valence-electron chi connectivity index (χ2n) is 4.92. The largest absolute Gasteiger partial charge is 0.294 e. The first kappa shape index (κ1) is 16.3. The Hall–Kier alpha value is -0.760. The molecule has 0 atom stereocenters. The van der Waals surface area contributed by atoms with Crippen molar-refractivity contribution in [1.29, 1.82) is 0 Å². The minimum atomic E-state index is 0.274. The Kier molecular flexibility index (Phi) is 9.52. The zero-order valence-corrected chi connectivity index (χ0v) is 12.9. The SMILES string of the molecule is CCCCCCCCSCCC(=O)c1ccccc1. The predicted octanol–water partition coefficient (Wildman–Crippen LogP) is 5.35. The molecule has 1 nitrogen and oxygen atoms in total. The van der Waals surface area contributed by atoms with Crippen molar-refractivity contribution in [2.45, 2.75) is 51.9 Å². The maximum Gasteiger partial charge on any atom is 0.163 e. The summed E-state index contributed by atoms with van der Waals surface area (Å²) in [5.41, 5.74) is 0.850. The fourth-order valence-electron chi connectivity index (χ4n) is 2.02. The van der Waals surface area contributed by atoms with Gasteiger partial charge in [-0.2, -0.15) is 11.8 Å². The van der Waals surface area contributed by atoms with Crippen LogP contribution in [0.1, 0.15) is 62.2 Å². The third kappa shape index (κ3) is 8.10. The molecule has 0 heterocycles. The number of hydrogen-bond acceptors (Lipinski definition) is 2. The second kappa shape index (κ2) is 11.1. The van der Waals surface area contributed by atoms with Crippen molar-refractivity contribution in [2.75, 3.05) is 11.5 Å². The van der Waals surface area contributed by atoms with Crippen LogP contribution in [-0.4, -0.2) is 17.3 Å². The lowest BCUT2D eigenvalue weighted by Gasteiger charge is -2.02. The van der Waals surface area contributed by atoms with E-state index in [1.807, 2.05) is 42.1 Å². The van der Waals surface area contributed by atoms with Crippen molar-refractivity contribution >= 4 is 17.5 Å². The molecule has 106 valence electrons. The summed E-state index contributed by atoms with van der Waals surface area (Å²) in [6, 6.07) is 9.61. The number of rotatable bonds is 11. The molecule has 1 rings (SSSR count). The van der Waals surface area contributed by atoms with Gasteiger partial charge in [-0.05, 0) is 12.2 Å². The van der Waals surface area contributed by atoms with Crippen LogP contribution in [-0.2, 0) is 0 Å². The number of ketones is 1. The molecule has 0 bridgehead atoms. The Bertz CT molecular complexity index is 334. The van der Waals surface area contributed by atoms with Crippen molar-refractivity contribution in [3.63, 3.8) is 0 Å². The van der Waals surface area contributed by atoms with E-state index in [0.29, 0.717) is 6.42 Å². The van der Waals surface area contributed by atoms with E-state index in [1.54, 1.807) is 0 Å². The number of hydrogen-bond donors (Lipinski definition) is 0. The van der Waals surface area contributed by atoms with Gasteiger partial charge in [0.05, 0.1) is 0 Å². The zero-order valence-electron chi connectivity index (χ0n) is 12.1. The molecule has 0 N–H and O–H groups in total. The summed E-state index contributed by atoms with van der Waals surface area (Å²) in [7, 11) is 0. The lowest BCUT2D eigenvalue weighted by Crippen LogP contribution is -2.00. The molecular formula is C17H26OS.